The molecule has 3 N–H and O–H groups in total. The first-order valence-corrected chi connectivity index (χ1v) is 14.0. The minimum Gasteiger partial charge on any atom is -0.321 e. The van der Waals surface area contributed by atoms with Gasteiger partial charge in [-0.1, -0.05) is 78.9 Å². The van der Waals surface area contributed by atoms with Crippen LogP contribution in [0.25, 0.3) is 32.3 Å². The van der Waals surface area contributed by atoms with E-state index in [4.69, 9.17) is 10.7 Å². The van der Waals surface area contributed by atoms with Crippen LogP contribution in [0.5, 0.6) is 0 Å². The molecule has 0 amide bonds. The number of thiazole rings is 1. The molecule has 5 nitrogen and oxygen atoms in total. The van der Waals surface area contributed by atoms with Gasteiger partial charge >= 0.3 is 0 Å². The van der Waals surface area contributed by atoms with Gasteiger partial charge in [0.25, 0.3) is 0 Å². The van der Waals surface area contributed by atoms with Crippen molar-refractivity contribution < 1.29 is 8.42 Å². The third-order valence-electron chi connectivity index (χ3n) is 6.38. The number of aromatic nitrogens is 1. The Bertz CT molecular complexity index is 1390. The van der Waals surface area contributed by atoms with Crippen molar-refractivity contribution in [2.45, 2.75) is 31.3 Å². The van der Waals surface area contributed by atoms with Crippen LogP contribution in [0.1, 0.15) is 30.4 Å². The van der Waals surface area contributed by atoms with Crippen LogP contribution in [0.3, 0.4) is 0 Å². The Kier molecular flexibility index (Phi) is 6.12. The molecule has 1 aliphatic carbocycles. The number of hydrogen-bond acceptors (Lipinski definition) is 5. The van der Waals surface area contributed by atoms with Crippen molar-refractivity contribution in [2.24, 2.45) is 5.73 Å². The lowest BCUT2D eigenvalue weighted by Gasteiger charge is -2.38. The zero-order chi connectivity index (χ0) is 23.8. The van der Waals surface area contributed by atoms with E-state index >= 15 is 0 Å². The van der Waals surface area contributed by atoms with Gasteiger partial charge in [-0.25, -0.2) is 18.1 Å². The molecule has 174 valence electrons. The molecule has 0 atom stereocenters. The second-order valence-corrected chi connectivity index (χ2v) is 11.8. The highest BCUT2D eigenvalue weighted by molar-refractivity contribution is 7.88. The van der Waals surface area contributed by atoms with Gasteiger partial charge in [0.15, 0.2) is 0 Å². The van der Waals surface area contributed by atoms with Crippen molar-refractivity contribution in [1.82, 2.24) is 9.71 Å². The van der Waals surface area contributed by atoms with E-state index in [0.717, 1.165) is 56.9 Å². The fourth-order valence-electron chi connectivity index (χ4n) is 4.21. The third-order valence-corrected chi connectivity index (χ3v) is 8.20. The van der Waals surface area contributed by atoms with Gasteiger partial charge < -0.3 is 5.73 Å². The molecule has 1 aromatic heterocycles. The maximum Gasteiger partial charge on any atom is 0.209 e. The molecule has 1 saturated carbocycles. The second-order valence-electron chi connectivity index (χ2n) is 8.94. The number of nitrogens with zero attached hydrogens (tertiary/aromatic N) is 1. The van der Waals surface area contributed by atoms with E-state index in [1.54, 1.807) is 11.3 Å². The van der Waals surface area contributed by atoms with E-state index in [9.17, 15) is 8.42 Å². The van der Waals surface area contributed by atoms with Crippen molar-refractivity contribution in [3.63, 3.8) is 0 Å². The van der Waals surface area contributed by atoms with E-state index in [1.165, 1.54) is 12.0 Å². The van der Waals surface area contributed by atoms with Crippen LogP contribution in [0.2, 0.25) is 0 Å². The van der Waals surface area contributed by atoms with Crippen molar-refractivity contribution in [3.8, 4) is 32.3 Å². The SMILES string of the molecule is CS(=O)(=O)NCc1ccc(-c2nc(-c3ccc(C4(N)CCC4)cc3)c(-c3ccccc3)s2)cc1. The van der Waals surface area contributed by atoms with Gasteiger partial charge in [0, 0.05) is 23.2 Å². The average Bonchev–Trinajstić information content (AvgIpc) is 3.27. The molecule has 0 saturated heterocycles. The number of sulfonamides is 1. The number of benzene rings is 3. The van der Waals surface area contributed by atoms with E-state index in [1.807, 2.05) is 42.5 Å². The lowest BCUT2D eigenvalue weighted by molar-refractivity contribution is 0.253. The van der Waals surface area contributed by atoms with Gasteiger partial charge in [-0.3, -0.25) is 0 Å². The topological polar surface area (TPSA) is 85.1 Å². The highest BCUT2D eigenvalue weighted by Gasteiger charge is 2.34. The van der Waals surface area contributed by atoms with Gasteiger partial charge in [-0.2, -0.15) is 0 Å². The van der Waals surface area contributed by atoms with Gasteiger partial charge in [0.1, 0.15) is 5.01 Å². The highest BCUT2D eigenvalue weighted by atomic mass is 32.2. The fourth-order valence-corrected chi connectivity index (χ4v) is 5.74. The molecule has 7 heteroatoms. The molecule has 4 aromatic rings. The summed E-state index contributed by atoms with van der Waals surface area (Å²) in [5.74, 6) is 0. The molecule has 0 unspecified atom stereocenters. The summed E-state index contributed by atoms with van der Waals surface area (Å²) in [4.78, 5) is 6.17. The van der Waals surface area contributed by atoms with Crippen LogP contribution in [-0.4, -0.2) is 19.7 Å². The lowest BCUT2D eigenvalue weighted by Crippen LogP contribution is -2.43. The summed E-state index contributed by atoms with van der Waals surface area (Å²) < 4.78 is 25.3. The summed E-state index contributed by atoms with van der Waals surface area (Å²) >= 11 is 1.66. The summed E-state index contributed by atoms with van der Waals surface area (Å²) in [6.07, 6.45) is 4.43. The summed E-state index contributed by atoms with van der Waals surface area (Å²) in [6, 6.07) is 26.7. The van der Waals surface area contributed by atoms with Gasteiger partial charge in [-0.15, -0.1) is 11.3 Å². The monoisotopic (exact) mass is 489 g/mol. The minimum atomic E-state index is -3.23. The van der Waals surface area contributed by atoms with Gasteiger partial charge in [0.2, 0.25) is 10.0 Å². The van der Waals surface area contributed by atoms with E-state index in [0.29, 0.717) is 0 Å². The first kappa shape index (κ1) is 22.9. The van der Waals surface area contributed by atoms with Crippen LogP contribution in [0.15, 0.2) is 78.9 Å². The molecule has 1 fully saturated rings. The van der Waals surface area contributed by atoms with Crippen LogP contribution in [0, 0.1) is 0 Å². The largest absolute Gasteiger partial charge is 0.321 e. The zero-order valence-electron chi connectivity index (χ0n) is 19.0. The molecule has 3 aromatic carbocycles. The Labute approximate surface area is 204 Å². The average molecular weight is 490 g/mol. The number of nitrogens with one attached hydrogen (secondary N) is 1. The van der Waals surface area contributed by atoms with E-state index < -0.39 is 10.0 Å². The van der Waals surface area contributed by atoms with E-state index in [-0.39, 0.29) is 12.1 Å². The van der Waals surface area contributed by atoms with Crippen molar-refractivity contribution >= 4 is 21.4 Å². The highest BCUT2D eigenvalue weighted by Crippen LogP contribution is 2.42. The lowest BCUT2D eigenvalue weighted by atomic mass is 9.72. The van der Waals surface area contributed by atoms with Gasteiger partial charge in [-0.05, 0) is 36.0 Å². The van der Waals surface area contributed by atoms with E-state index in [2.05, 4.69) is 41.1 Å². The molecule has 1 heterocycles. The predicted molar refractivity (Wildman–Crippen MR) is 140 cm³/mol. The Morgan fingerprint density at radius 2 is 1.56 bits per heavy atom. The van der Waals surface area contributed by atoms with Crippen LogP contribution in [-0.2, 0) is 22.1 Å². The predicted octanol–water partition coefficient (Wildman–Crippen LogP) is 5.53. The Morgan fingerprint density at radius 3 is 2.15 bits per heavy atom. The Morgan fingerprint density at radius 1 is 0.912 bits per heavy atom. The van der Waals surface area contributed by atoms with Crippen molar-refractivity contribution in [3.05, 3.63) is 90.0 Å². The standard InChI is InChI=1S/C27H27N3O2S2/c1-34(31,32)29-18-19-8-10-22(11-9-19)26-30-24(25(33-26)21-6-3-2-4-7-21)20-12-14-23(15-13-20)27(28)16-5-17-27/h2-4,6-15,29H,5,16-18,28H2,1H3. The molecule has 34 heavy (non-hydrogen) atoms. The number of hydrogen-bond donors (Lipinski definition) is 2. The molecular formula is C27H27N3O2S2. The van der Waals surface area contributed by atoms with Crippen molar-refractivity contribution in [1.29, 1.82) is 0 Å². The quantitative estimate of drug-likeness (QED) is 0.357. The summed E-state index contributed by atoms with van der Waals surface area (Å²) in [5, 5.41) is 0.926. The normalized spacial score (nSPS) is 15.1. The maximum absolute atomic E-state index is 11.4. The van der Waals surface area contributed by atoms with Gasteiger partial charge in [0.05, 0.1) is 16.8 Å². The molecule has 0 radical (unpaired) electrons. The summed E-state index contributed by atoms with van der Waals surface area (Å²) in [5.41, 5.74) is 12.6. The molecule has 5 rings (SSSR count). The summed E-state index contributed by atoms with van der Waals surface area (Å²) in [6.45, 7) is 0.270. The fraction of sp³-hybridized carbons (Fsp3) is 0.222. The molecule has 0 spiro atoms. The molecule has 0 aliphatic heterocycles. The molecule has 0 bridgehead atoms. The molecular weight excluding hydrogens is 462 g/mol. The first-order valence-electron chi connectivity index (χ1n) is 11.3. The maximum atomic E-state index is 11.4. The van der Waals surface area contributed by atoms with Crippen LogP contribution < -0.4 is 10.5 Å². The zero-order valence-corrected chi connectivity index (χ0v) is 20.6. The van der Waals surface area contributed by atoms with Crippen LogP contribution in [0.4, 0.5) is 0 Å². The third kappa shape index (κ3) is 4.83. The smallest absolute Gasteiger partial charge is 0.209 e. The van der Waals surface area contributed by atoms with Crippen LogP contribution >= 0.6 is 11.3 Å². The summed E-state index contributed by atoms with van der Waals surface area (Å²) in [7, 11) is -3.23. The molecule has 1 aliphatic rings. The minimum absolute atomic E-state index is 0.179. The Hall–Kier alpha value is -2.84. The number of nitrogens with two attached hydrogens (primary N) is 1. The Balaban J connectivity index is 1.49. The second kappa shape index (κ2) is 9.07. The van der Waals surface area contributed by atoms with Crippen molar-refractivity contribution in [2.75, 3.05) is 6.26 Å². The number of rotatable bonds is 7. The first-order chi connectivity index (χ1) is 16.3.